The Balaban J connectivity index is 1.82. The van der Waals surface area contributed by atoms with Crippen LogP contribution in [0.25, 0.3) is 17.4 Å². The Kier molecular flexibility index (Phi) is 5.61. The molecule has 0 aliphatic rings. The number of nitrogens with one attached hydrogen (secondary N) is 1. The van der Waals surface area contributed by atoms with Crippen LogP contribution in [0, 0.1) is 25.2 Å². The van der Waals surface area contributed by atoms with Gasteiger partial charge in [0, 0.05) is 17.3 Å². The van der Waals surface area contributed by atoms with Crippen LogP contribution in [0.5, 0.6) is 0 Å². The van der Waals surface area contributed by atoms with Crippen molar-refractivity contribution in [1.82, 2.24) is 0 Å². The molecule has 29 heavy (non-hydrogen) atoms. The average Bonchev–Trinajstić information content (AvgIpc) is 3.16. The van der Waals surface area contributed by atoms with E-state index >= 15 is 0 Å². The summed E-state index contributed by atoms with van der Waals surface area (Å²) >= 11 is 0. The molecule has 6 nitrogen and oxygen atoms in total. The summed E-state index contributed by atoms with van der Waals surface area (Å²) in [5.41, 5.74) is 3.23. The third kappa shape index (κ3) is 4.60. The number of carbonyl (C=O) groups excluding carboxylic acids is 1. The first-order chi connectivity index (χ1) is 13.9. The van der Waals surface area contributed by atoms with Crippen molar-refractivity contribution in [3.8, 4) is 17.4 Å². The summed E-state index contributed by atoms with van der Waals surface area (Å²) < 4.78 is 5.74. The van der Waals surface area contributed by atoms with Gasteiger partial charge in [-0.1, -0.05) is 23.8 Å². The van der Waals surface area contributed by atoms with Crippen LogP contribution < -0.4 is 5.32 Å². The van der Waals surface area contributed by atoms with Crippen molar-refractivity contribution in [1.29, 1.82) is 5.26 Å². The standard InChI is InChI=1S/C23H18N2O4/c1-14-3-6-18(7-4-14)25-22(26)17(13-24)12-19-8-10-21(29-19)20-9-5-16(23(27)28)11-15(20)2/h3-12H,1-2H3,(H,25,26)(H,27,28)/b17-12-. The van der Waals surface area contributed by atoms with Crippen molar-refractivity contribution in [3.63, 3.8) is 0 Å². The minimum absolute atomic E-state index is 0.0931. The number of aromatic carboxylic acids is 1. The maximum absolute atomic E-state index is 12.4. The van der Waals surface area contributed by atoms with Gasteiger partial charge in [-0.25, -0.2) is 4.79 Å². The van der Waals surface area contributed by atoms with Crippen LogP contribution in [0.1, 0.15) is 27.2 Å². The van der Waals surface area contributed by atoms with Gasteiger partial charge in [-0.15, -0.1) is 0 Å². The Bertz CT molecular complexity index is 1150. The van der Waals surface area contributed by atoms with Crippen molar-refractivity contribution in [2.45, 2.75) is 13.8 Å². The summed E-state index contributed by atoms with van der Waals surface area (Å²) in [4.78, 5) is 23.4. The molecule has 0 aliphatic carbocycles. The number of hydrogen-bond donors (Lipinski definition) is 2. The van der Waals surface area contributed by atoms with Crippen LogP contribution >= 0.6 is 0 Å². The zero-order valence-corrected chi connectivity index (χ0v) is 15.9. The van der Waals surface area contributed by atoms with E-state index in [1.807, 2.05) is 25.1 Å². The molecule has 0 saturated heterocycles. The molecule has 0 radical (unpaired) electrons. The van der Waals surface area contributed by atoms with Gasteiger partial charge in [0.15, 0.2) is 0 Å². The van der Waals surface area contributed by atoms with Crippen LogP contribution in [0.2, 0.25) is 0 Å². The van der Waals surface area contributed by atoms with Crippen LogP contribution in [0.15, 0.2) is 64.6 Å². The first-order valence-electron chi connectivity index (χ1n) is 8.81. The molecule has 0 atom stereocenters. The fourth-order valence-corrected chi connectivity index (χ4v) is 2.77. The molecular weight excluding hydrogens is 368 g/mol. The van der Waals surface area contributed by atoms with Crippen molar-refractivity contribution in [2.24, 2.45) is 0 Å². The maximum Gasteiger partial charge on any atom is 0.335 e. The molecule has 0 unspecified atom stereocenters. The molecule has 144 valence electrons. The van der Waals surface area contributed by atoms with Gasteiger partial charge in [-0.05, 0) is 55.8 Å². The van der Waals surface area contributed by atoms with Crippen molar-refractivity contribution in [3.05, 3.63) is 82.6 Å². The number of carbonyl (C=O) groups is 2. The number of nitrogens with zero attached hydrogens (tertiary/aromatic N) is 1. The number of anilines is 1. The van der Waals surface area contributed by atoms with E-state index < -0.39 is 11.9 Å². The molecule has 6 heteroatoms. The fourth-order valence-electron chi connectivity index (χ4n) is 2.77. The number of carboxylic acid groups (broad SMARTS) is 1. The molecule has 0 bridgehead atoms. The zero-order chi connectivity index (χ0) is 21.0. The molecule has 3 aromatic rings. The second-order valence-corrected chi connectivity index (χ2v) is 6.53. The second-order valence-electron chi connectivity index (χ2n) is 6.53. The Hall–Kier alpha value is -4.11. The Morgan fingerprint density at radius 2 is 1.79 bits per heavy atom. The van der Waals surface area contributed by atoms with Crippen LogP contribution in [0.4, 0.5) is 5.69 Å². The van der Waals surface area contributed by atoms with E-state index in [4.69, 9.17) is 9.52 Å². The number of carboxylic acids is 1. The third-order valence-electron chi connectivity index (χ3n) is 4.33. The number of nitriles is 1. The molecule has 2 N–H and O–H groups in total. The van der Waals surface area contributed by atoms with Crippen LogP contribution in [-0.4, -0.2) is 17.0 Å². The summed E-state index contributed by atoms with van der Waals surface area (Å²) in [5.74, 6) is -0.670. The van der Waals surface area contributed by atoms with Crippen LogP contribution in [-0.2, 0) is 4.79 Å². The highest BCUT2D eigenvalue weighted by molar-refractivity contribution is 6.09. The molecule has 1 aromatic heterocycles. The minimum Gasteiger partial charge on any atom is -0.478 e. The smallest absolute Gasteiger partial charge is 0.335 e. The van der Waals surface area contributed by atoms with E-state index in [-0.39, 0.29) is 11.1 Å². The van der Waals surface area contributed by atoms with Gasteiger partial charge >= 0.3 is 5.97 Å². The number of furan rings is 1. The van der Waals surface area contributed by atoms with Gasteiger partial charge in [0.05, 0.1) is 5.56 Å². The molecular formula is C23H18N2O4. The van der Waals surface area contributed by atoms with Crippen LogP contribution in [0.3, 0.4) is 0 Å². The molecule has 1 amide bonds. The normalized spacial score (nSPS) is 11.0. The van der Waals surface area contributed by atoms with E-state index in [0.29, 0.717) is 17.2 Å². The Morgan fingerprint density at radius 3 is 2.41 bits per heavy atom. The quantitative estimate of drug-likeness (QED) is 0.484. The number of amides is 1. The van der Waals surface area contributed by atoms with E-state index in [0.717, 1.165) is 16.7 Å². The SMILES string of the molecule is Cc1ccc(NC(=O)/C(C#N)=C\c2ccc(-c3ccc(C(=O)O)cc3C)o2)cc1. The highest BCUT2D eigenvalue weighted by Crippen LogP contribution is 2.27. The van der Waals surface area contributed by atoms with E-state index in [1.54, 1.807) is 43.3 Å². The summed E-state index contributed by atoms with van der Waals surface area (Å²) in [6.45, 7) is 3.73. The lowest BCUT2D eigenvalue weighted by Crippen LogP contribution is -2.13. The summed E-state index contributed by atoms with van der Waals surface area (Å²) in [5, 5.41) is 21.1. The highest BCUT2D eigenvalue weighted by atomic mass is 16.4. The maximum atomic E-state index is 12.4. The van der Waals surface area contributed by atoms with Gasteiger partial charge in [0.1, 0.15) is 23.2 Å². The molecule has 1 heterocycles. The van der Waals surface area contributed by atoms with E-state index in [2.05, 4.69) is 5.32 Å². The molecule has 3 rings (SSSR count). The van der Waals surface area contributed by atoms with Crippen molar-refractivity contribution >= 4 is 23.6 Å². The van der Waals surface area contributed by atoms with Crippen molar-refractivity contribution < 1.29 is 19.1 Å². The third-order valence-corrected chi connectivity index (χ3v) is 4.33. The topological polar surface area (TPSA) is 103 Å². The lowest BCUT2D eigenvalue weighted by molar-refractivity contribution is -0.112. The molecule has 0 aliphatic heterocycles. The first-order valence-corrected chi connectivity index (χ1v) is 8.81. The molecule has 0 saturated carbocycles. The number of aryl methyl sites for hydroxylation is 2. The largest absolute Gasteiger partial charge is 0.478 e. The molecule has 2 aromatic carbocycles. The van der Waals surface area contributed by atoms with E-state index in [1.165, 1.54) is 12.1 Å². The Labute approximate surface area is 167 Å². The molecule has 0 fully saturated rings. The molecule has 0 spiro atoms. The monoisotopic (exact) mass is 386 g/mol. The number of hydrogen-bond acceptors (Lipinski definition) is 4. The summed E-state index contributed by atoms with van der Waals surface area (Å²) in [6.07, 6.45) is 1.37. The predicted molar refractivity (Wildman–Crippen MR) is 109 cm³/mol. The predicted octanol–water partition coefficient (Wildman–Crippen LogP) is 4.81. The lowest BCUT2D eigenvalue weighted by Gasteiger charge is -2.05. The number of rotatable bonds is 5. The average molecular weight is 386 g/mol. The van der Waals surface area contributed by atoms with Gasteiger partial charge < -0.3 is 14.8 Å². The lowest BCUT2D eigenvalue weighted by atomic mass is 10.0. The van der Waals surface area contributed by atoms with Gasteiger partial charge in [0.2, 0.25) is 0 Å². The zero-order valence-electron chi connectivity index (χ0n) is 15.9. The summed E-state index contributed by atoms with van der Waals surface area (Å²) in [6, 6.07) is 17.2. The highest BCUT2D eigenvalue weighted by Gasteiger charge is 2.13. The minimum atomic E-state index is -0.999. The van der Waals surface area contributed by atoms with Gasteiger partial charge in [0.25, 0.3) is 5.91 Å². The summed E-state index contributed by atoms with van der Waals surface area (Å²) in [7, 11) is 0. The number of benzene rings is 2. The van der Waals surface area contributed by atoms with E-state index in [9.17, 15) is 14.9 Å². The van der Waals surface area contributed by atoms with Gasteiger partial charge in [-0.3, -0.25) is 4.79 Å². The fraction of sp³-hybridized carbons (Fsp3) is 0.0870. The second kappa shape index (κ2) is 8.28. The van der Waals surface area contributed by atoms with Crippen molar-refractivity contribution in [2.75, 3.05) is 5.32 Å². The first kappa shape index (κ1) is 19.6. The van der Waals surface area contributed by atoms with Gasteiger partial charge in [-0.2, -0.15) is 5.26 Å². The Morgan fingerprint density at radius 1 is 1.07 bits per heavy atom.